The number of carbonyl (C=O) groups excluding carboxylic acids is 2. The predicted molar refractivity (Wildman–Crippen MR) is 49.9 cm³/mol. The van der Waals surface area contributed by atoms with Crippen molar-refractivity contribution in [2.45, 2.75) is 19.4 Å². The van der Waals surface area contributed by atoms with Gasteiger partial charge in [-0.15, -0.1) is 0 Å². The number of hydrogen-bond donors (Lipinski definition) is 1. The highest BCUT2D eigenvalue weighted by atomic mass is 16.3. The predicted octanol–water partition coefficient (Wildman–Crippen LogP) is 0.842. The van der Waals surface area contributed by atoms with E-state index in [-0.39, 0.29) is 11.1 Å². The summed E-state index contributed by atoms with van der Waals surface area (Å²) in [5.74, 6) is -1.55. The molecular weight excluding hydrogens is 168 g/mol. The van der Waals surface area contributed by atoms with Crippen molar-refractivity contribution in [2.24, 2.45) is 0 Å². The molecule has 0 aromatic rings. The van der Waals surface area contributed by atoms with E-state index >= 15 is 0 Å². The van der Waals surface area contributed by atoms with Crippen LogP contribution in [0.15, 0.2) is 24.3 Å². The average Bonchev–Trinajstić information content (AvgIpc) is 2.01. The molecular formula is C10H13O3. The topological polar surface area (TPSA) is 54.4 Å². The molecule has 0 fully saturated rings. The number of aliphatic hydroxyl groups is 1. The fourth-order valence-electron chi connectivity index (χ4n) is 0.809. The Balaban J connectivity index is 4.97. The Hall–Kier alpha value is -1.22. The van der Waals surface area contributed by atoms with Crippen molar-refractivity contribution in [1.29, 1.82) is 0 Å². The van der Waals surface area contributed by atoms with E-state index in [0.717, 1.165) is 0 Å². The van der Waals surface area contributed by atoms with Crippen molar-refractivity contribution >= 4 is 11.6 Å². The molecule has 0 spiro atoms. The lowest BCUT2D eigenvalue weighted by molar-refractivity contribution is -0.141. The van der Waals surface area contributed by atoms with E-state index in [1.165, 1.54) is 13.8 Å². The number of ketones is 2. The molecule has 0 saturated carbocycles. The van der Waals surface area contributed by atoms with Crippen LogP contribution in [-0.2, 0) is 9.59 Å². The summed E-state index contributed by atoms with van der Waals surface area (Å²) in [5, 5.41) is 9.46. The largest absolute Gasteiger partial charge is 0.374 e. The Morgan fingerprint density at radius 2 is 1.31 bits per heavy atom. The van der Waals surface area contributed by atoms with Gasteiger partial charge in [-0.2, -0.15) is 0 Å². The minimum absolute atomic E-state index is 0.0899. The van der Waals surface area contributed by atoms with Crippen LogP contribution in [0, 0.1) is 6.92 Å². The van der Waals surface area contributed by atoms with Gasteiger partial charge in [-0.1, -0.05) is 13.2 Å². The molecule has 3 heteroatoms. The Bertz CT molecular complexity index is 257. The lowest BCUT2D eigenvalue weighted by Gasteiger charge is -2.19. The summed E-state index contributed by atoms with van der Waals surface area (Å²) in [6, 6.07) is 0. The number of rotatable bonds is 4. The summed E-state index contributed by atoms with van der Waals surface area (Å²) in [6.45, 7) is 12.6. The Morgan fingerprint density at radius 3 is 1.46 bits per heavy atom. The molecule has 0 bridgehead atoms. The van der Waals surface area contributed by atoms with E-state index in [4.69, 9.17) is 0 Å². The van der Waals surface area contributed by atoms with Crippen LogP contribution in [0.3, 0.4) is 0 Å². The van der Waals surface area contributed by atoms with Crippen molar-refractivity contribution in [3.63, 3.8) is 0 Å². The molecule has 0 rings (SSSR count). The van der Waals surface area contributed by atoms with Gasteiger partial charge in [0.15, 0.2) is 17.2 Å². The standard InChI is InChI=1S/C10H13O3/c1-6(2)8(11)10(5,13)9(12)7(3)4/h13H,1,3,5H2,2,4H3. The summed E-state index contributed by atoms with van der Waals surface area (Å²) in [4.78, 5) is 22.5. The minimum atomic E-state index is -2.27. The lowest BCUT2D eigenvalue weighted by atomic mass is 9.89. The van der Waals surface area contributed by atoms with E-state index in [0.29, 0.717) is 0 Å². The molecule has 0 unspecified atom stereocenters. The normalized spacial score (nSPS) is 10.8. The van der Waals surface area contributed by atoms with Crippen molar-refractivity contribution < 1.29 is 14.7 Å². The highest BCUT2D eigenvalue weighted by Crippen LogP contribution is 2.14. The molecule has 0 aromatic carbocycles. The fraction of sp³-hybridized carbons (Fsp3) is 0.300. The third-order valence-corrected chi connectivity index (χ3v) is 1.53. The number of Topliss-reactive ketones (excluding diaryl/α,β-unsaturated/α-hetero) is 2. The quantitative estimate of drug-likeness (QED) is 0.516. The Morgan fingerprint density at radius 1 is 1.08 bits per heavy atom. The Kier molecular flexibility index (Phi) is 3.32. The molecule has 71 valence electrons. The van der Waals surface area contributed by atoms with Crippen LogP contribution >= 0.6 is 0 Å². The van der Waals surface area contributed by atoms with Gasteiger partial charge in [-0.25, -0.2) is 0 Å². The summed E-state index contributed by atoms with van der Waals surface area (Å²) < 4.78 is 0. The highest BCUT2D eigenvalue weighted by molar-refractivity contribution is 6.21. The monoisotopic (exact) mass is 181 g/mol. The van der Waals surface area contributed by atoms with Crippen LogP contribution in [0.2, 0.25) is 0 Å². The first kappa shape index (κ1) is 11.8. The van der Waals surface area contributed by atoms with E-state index in [9.17, 15) is 14.7 Å². The van der Waals surface area contributed by atoms with Crippen LogP contribution in [0.4, 0.5) is 0 Å². The Labute approximate surface area is 77.8 Å². The van der Waals surface area contributed by atoms with Crippen LogP contribution in [-0.4, -0.2) is 22.3 Å². The molecule has 0 aromatic heterocycles. The second-order valence-corrected chi connectivity index (χ2v) is 3.08. The molecule has 1 radical (unpaired) electrons. The first-order chi connectivity index (χ1) is 5.71. The lowest BCUT2D eigenvalue weighted by Crippen LogP contribution is -2.44. The van der Waals surface area contributed by atoms with Gasteiger partial charge in [0.05, 0.1) is 0 Å². The molecule has 0 amide bonds. The maximum Gasteiger partial charge on any atom is 0.197 e. The fourth-order valence-corrected chi connectivity index (χ4v) is 0.809. The van der Waals surface area contributed by atoms with E-state index in [2.05, 4.69) is 20.1 Å². The molecule has 3 nitrogen and oxygen atoms in total. The van der Waals surface area contributed by atoms with Gasteiger partial charge < -0.3 is 5.11 Å². The van der Waals surface area contributed by atoms with Crippen molar-refractivity contribution in [1.82, 2.24) is 0 Å². The zero-order valence-corrected chi connectivity index (χ0v) is 7.89. The zero-order chi connectivity index (χ0) is 10.8. The second-order valence-electron chi connectivity index (χ2n) is 3.08. The van der Waals surface area contributed by atoms with Crippen molar-refractivity contribution in [2.75, 3.05) is 0 Å². The molecule has 0 atom stereocenters. The molecule has 0 aliphatic heterocycles. The number of carbonyl (C=O) groups is 2. The first-order valence-electron chi connectivity index (χ1n) is 3.69. The van der Waals surface area contributed by atoms with E-state index < -0.39 is 17.2 Å². The maximum absolute atomic E-state index is 11.2. The molecule has 0 aliphatic carbocycles. The van der Waals surface area contributed by atoms with E-state index in [1.54, 1.807) is 0 Å². The molecule has 0 heterocycles. The van der Waals surface area contributed by atoms with Gasteiger partial charge in [0, 0.05) is 0 Å². The molecule has 0 aliphatic rings. The minimum Gasteiger partial charge on any atom is -0.374 e. The summed E-state index contributed by atoms with van der Waals surface area (Å²) in [7, 11) is 0. The van der Waals surface area contributed by atoms with Crippen LogP contribution in [0.1, 0.15) is 13.8 Å². The third kappa shape index (κ3) is 2.36. The van der Waals surface area contributed by atoms with Gasteiger partial charge >= 0.3 is 0 Å². The van der Waals surface area contributed by atoms with Gasteiger partial charge in [-0.3, -0.25) is 9.59 Å². The smallest absolute Gasteiger partial charge is 0.197 e. The van der Waals surface area contributed by atoms with Gasteiger partial charge in [0.1, 0.15) is 0 Å². The third-order valence-electron chi connectivity index (χ3n) is 1.53. The first-order valence-corrected chi connectivity index (χ1v) is 3.69. The summed E-state index contributed by atoms with van der Waals surface area (Å²) in [5.41, 5.74) is -2.09. The van der Waals surface area contributed by atoms with Gasteiger partial charge in [0.25, 0.3) is 0 Å². The van der Waals surface area contributed by atoms with Gasteiger partial charge in [0.2, 0.25) is 0 Å². The van der Waals surface area contributed by atoms with Gasteiger partial charge in [-0.05, 0) is 31.9 Å². The van der Waals surface area contributed by atoms with E-state index in [1.807, 2.05) is 0 Å². The van der Waals surface area contributed by atoms with Crippen molar-refractivity contribution in [3.8, 4) is 0 Å². The molecule has 13 heavy (non-hydrogen) atoms. The highest BCUT2D eigenvalue weighted by Gasteiger charge is 2.38. The van der Waals surface area contributed by atoms with Crippen LogP contribution in [0.5, 0.6) is 0 Å². The maximum atomic E-state index is 11.2. The average molecular weight is 181 g/mol. The SMILES string of the molecule is [CH2]C(O)(C(=O)C(=C)C)C(=O)C(=C)C. The zero-order valence-electron chi connectivity index (χ0n) is 7.89. The molecule has 1 N–H and O–H groups in total. The summed E-state index contributed by atoms with van der Waals surface area (Å²) >= 11 is 0. The number of hydrogen-bond acceptors (Lipinski definition) is 3. The molecule has 0 saturated heterocycles. The second kappa shape index (κ2) is 3.66. The summed E-state index contributed by atoms with van der Waals surface area (Å²) in [6.07, 6.45) is 0. The van der Waals surface area contributed by atoms with Crippen LogP contribution < -0.4 is 0 Å². The van der Waals surface area contributed by atoms with Crippen molar-refractivity contribution in [3.05, 3.63) is 31.2 Å². The van der Waals surface area contributed by atoms with Crippen LogP contribution in [0.25, 0.3) is 0 Å².